The van der Waals surface area contributed by atoms with Crippen molar-refractivity contribution in [3.8, 4) is 11.1 Å². The first-order valence-electron chi connectivity index (χ1n) is 12.6. The Morgan fingerprint density at radius 3 is 2.16 bits per heavy atom. The van der Waals surface area contributed by atoms with E-state index in [2.05, 4.69) is 34.6 Å². The van der Waals surface area contributed by atoms with Gasteiger partial charge in [-0.25, -0.2) is 9.59 Å². The van der Waals surface area contributed by atoms with Gasteiger partial charge in [0.15, 0.2) is 0 Å². The van der Waals surface area contributed by atoms with Crippen LogP contribution in [0.1, 0.15) is 60.8 Å². The lowest BCUT2D eigenvalue weighted by Crippen LogP contribution is -2.41. The second-order valence-electron chi connectivity index (χ2n) is 10.6. The smallest absolute Gasteiger partial charge is 0.477 e. The third-order valence-electron chi connectivity index (χ3n) is 7.62. The lowest BCUT2D eigenvalue weighted by molar-refractivity contribution is 0.00578. The van der Waals surface area contributed by atoms with Crippen LogP contribution >= 0.6 is 0 Å². The molecule has 0 radical (unpaired) electrons. The summed E-state index contributed by atoms with van der Waals surface area (Å²) in [4.78, 5) is 26.8. The molecule has 1 fully saturated rings. The minimum absolute atomic E-state index is 0.0412. The molecule has 8 nitrogen and oxygen atoms in total. The van der Waals surface area contributed by atoms with Gasteiger partial charge in [0.05, 0.1) is 11.2 Å². The van der Waals surface area contributed by atoms with Crippen LogP contribution < -0.4 is 5.32 Å². The zero-order valence-corrected chi connectivity index (χ0v) is 21.9. The van der Waals surface area contributed by atoms with E-state index in [0.29, 0.717) is 11.0 Å². The maximum Gasteiger partial charge on any atom is 0.492 e. The van der Waals surface area contributed by atoms with E-state index >= 15 is 0 Å². The van der Waals surface area contributed by atoms with Crippen LogP contribution in [-0.4, -0.2) is 53.6 Å². The van der Waals surface area contributed by atoms with Crippen molar-refractivity contribution in [3.05, 3.63) is 88.7 Å². The highest BCUT2D eigenvalue weighted by molar-refractivity contribution is 6.56. The molecule has 3 aromatic rings. The Hall–Kier alpha value is -3.82. The Labute approximate surface area is 222 Å². The number of amides is 1. The molecule has 2 heterocycles. The van der Waals surface area contributed by atoms with E-state index in [1.807, 2.05) is 52.0 Å². The number of rotatable bonds is 7. The third kappa shape index (κ3) is 4.87. The topological polar surface area (TPSA) is 110 Å². The van der Waals surface area contributed by atoms with Crippen molar-refractivity contribution in [1.29, 1.82) is 0 Å². The fourth-order valence-electron chi connectivity index (χ4n) is 4.85. The predicted octanol–water partition coefficient (Wildman–Crippen LogP) is 5.27. The van der Waals surface area contributed by atoms with Crippen molar-refractivity contribution in [2.75, 3.05) is 13.2 Å². The summed E-state index contributed by atoms with van der Waals surface area (Å²) < 4.78 is 18.1. The number of alkyl carbamates (subject to hydrolysis) is 1. The zero-order valence-electron chi connectivity index (χ0n) is 21.9. The van der Waals surface area contributed by atoms with Crippen LogP contribution in [0.25, 0.3) is 17.2 Å². The van der Waals surface area contributed by atoms with Gasteiger partial charge in [0, 0.05) is 18.7 Å². The molecule has 2 aliphatic rings. The summed E-state index contributed by atoms with van der Waals surface area (Å²) in [6, 6.07) is 17.9. The van der Waals surface area contributed by atoms with E-state index in [0.717, 1.165) is 22.3 Å². The molecule has 3 N–H and O–H groups in total. The average molecular weight is 514 g/mol. The SMILES string of the molecule is CC1(C)OB(C(=Cc2c[nH]c(C(=O)O)c2)CNC(=O)OCC2c3ccccc3-c3ccccc32)OC1(C)C. The van der Waals surface area contributed by atoms with Crippen molar-refractivity contribution in [3.63, 3.8) is 0 Å². The minimum atomic E-state index is -1.06. The number of hydrogen-bond donors (Lipinski definition) is 3. The van der Waals surface area contributed by atoms with E-state index in [4.69, 9.17) is 14.0 Å². The summed E-state index contributed by atoms with van der Waals surface area (Å²) in [6.07, 6.45) is 2.78. The normalized spacial score (nSPS) is 17.7. The van der Waals surface area contributed by atoms with Gasteiger partial charge in [-0.15, -0.1) is 0 Å². The molecule has 9 heteroatoms. The molecule has 196 valence electrons. The Morgan fingerprint density at radius 1 is 1.03 bits per heavy atom. The quantitative estimate of drug-likeness (QED) is 0.371. The van der Waals surface area contributed by atoms with Gasteiger partial charge in [-0.05, 0) is 67.1 Å². The van der Waals surface area contributed by atoms with Gasteiger partial charge >= 0.3 is 19.2 Å². The number of carboxylic acid groups (broad SMARTS) is 1. The van der Waals surface area contributed by atoms with Gasteiger partial charge in [0.1, 0.15) is 12.3 Å². The van der Waals surface area contributed by atoms with Crippen molar-refractivity contribution in [1.82, 2.24) is 10.3 Å². The Balaban J connectivity index is 1.29. The molecular weight excluding hydrogens is 483 g/mol. The number of aromatic nitrogens is 1. The third-order valence-corrected chi connectivity index (χ3v) is 7.62. The summed E-state index contributed by atoms with van der Waals surface area (Å²) in [7, 11) is -0.725. The van der Waals surface area contributed by atoms with E-state index < -0.39 is 30.4 Å². The van der Waals surface area contributed by atoms with Gasteiger partial charge in [-0.3, -0.25) is 0 Å². The van der Waals surface area contributed by atoms with Crippen LogP contribution in [0.3, 0.4) is 0 Å². The molecule has 0 bridgehead atoms. The summed E-state index contributed by atoms with van der Waals surface area (Å²) in [5.41, 5.74) is 4.77. The number of fused-ring (bicyclic) bond motifs is 3. The first kappa shape index (κ1) is 25.8. The Kier molecular flexibility index (Phi) is 6.67. The highest BCUT2D eigenvalue weighted by Crippen LogP contribution is 2.44. The number of aromatic amines is 1. The van der Waals surface area contributed by atoms with Crippen molar-refractivity contribution in [2.24, 2.45) is 0 Å². The van der Waals surface area contributed by atoms with Gasteiger partial charge in [-0.2, -0.15) is 0 Å². The fraction of sp³-hybridized carbons (Fsp3) is 0.310. The number of aromatic carboxylic acids is 1. The first-order chi connectivity index (χ1) is 18.1. The molecule has 0 unspecified atom stereocenters. The molecule has 2 aromatic carbocycles. The van der Waals surface area contributed by atoms with Crippen LogP contribution in [-0.2, 0) is 14.0 Å². The lowest BCUT2D eigenvalue weighted by Gasteiger charge is -2.32. The maximum absolute atomic E-state index is 12.8. The minimum Gasteiger partial charge on any atom is -0.477 e. The predicted molar refractivity (Wildman–Crippen MR) is 145 cm³/mol. The number of carbonyl (C=O) groups is 2. The highest BCUT2D eigenvalue weighted by atomic mass is 16.7. The van der Waals surface area contributed by atoms with Crippen LogP contribution in [0.2, 0.25) is 0 Å². The largest absolute Gasteiger partial charge is 0.492 e. The summed E-state index contributed by atoms with van der Waals surface area (Å²) in [6.45, 7) is 8.09. The molecule has 1 aliphatic carbocycles. The van der Waals surface area contributed by atoms with Crippen molar-refractivity contribution < 1.29 is 28.7 Å². The molecule has 0 spiro atoms. The van der Waals surface area contributed by atoms with Gasteiger partial charge in [0.2, 0.25) is 0 Å². The number of H-pyrrole nitrogens is 1. The van der Waals surface area contributed by atoms with Gasteiger partial charge < -0.3 is 29.5 Å². The number of ether oxygens (including phenoxy) is 1. The van der Waals surface area contributed by atoms with E-state index in [9.17, 15) is 14.7 Å². The molecule has 5 rings (SSSR count). The number of hydrogen-bond acceptors (Lipinski definition) is 5. The summed E-state index contributed by atoms with van der Waals surface area (Å²) >= 11 is 0. The standard InChI is InChI=1S/C29H31BN2O6/c1-28(2)29(3,4)38-30(37-28)19(13-18-14-25(26(33)34)31-15-18)16-32-27(35)36-17-24-22-11-7-5-9-20(22)21-10-6-8-12-23(21)24/h5-15,24,31H,16-17H2,1-4H3,(H,32,35)(H,33,34). The number of carboxylic acids is 1. The second-order valence-corrected chi connectivity index (χ2v) is 10.6. The van der Waals surface area contributed by atoms with Crippen LogP contribution in [0.4, 0.5) is 4.79 Å². The molecule has 1 aromatic heterocycles. The van der Waals surface area contributed by atoms with Gasteiger partial charge in [-0.1, -0.05) is 54.6 Å². The molecular formula is C29H31BN2O6. The van der Waals surface area contributed by atoms with Crippen molar-refractivity contribution >= 4 is 25.3 Å². The van der Waals surface area contributed by atoms with Gasteiger partial charge in [0.25, 0.3) is 0 Å². The molecule has 1 saturated heterocycles. The number of carbonyl (C=O) groups excluding carboxylic acids is 1. The fourth-order valence-corrected chi connectivity index (χ4v) is 4.85. The molecule has 0 atom stereocenters. The lowest BCUT2D eigenvalue weighted by atomic mass is 9.77. The second kappa shape index (κ2) is 9.81. The maximum atomic E-state index is 12.8. The Morgan fingerprint density at radius 2 is 1.61 bits per heavy atom. The first-order valence-corrected chi connectivity index (χ1v) is 12.6. The number of nitrogens with one attached hydrogen (secondary N) is 2. The zero-order chi connectivity index (χ0) is 27.1. The monoisotopic (exact) mass is 514 g/mol. The summed E-state index contributed by atoms with van der Waals surface area (Å²) in [5, 5.41) is 12.1. The van der Waals surface area contributed by atoms with E-state index in [1.165, 1.54) is 6.07 Å². The number of benzene rings is 2. The molecule has 38 heavy (non-hydrogen) atoms. The molecule has 1 amide bonds. The Bertz CT molecular complexity index is 1350. The van der Waals surface area contributed by atoms with Crippen LogP contribution in [0.5, 0.6) is 0 Å². The molecule has 1 aliphatic heterocycles. The van der Waals surface area contributed by atoms with E-state index in [-0.39, 0.29) is 24.8 Å². The van der Waals surface area contributed by atoms with Crippen LogP contribution in [0.15, 0.2) is 66.3 Å². The van der Waals surface area contributed by atoms with E-state index in [1.54, 1.807) is 12.3 Å². The average Bonchev–Trinajstić information content (AvgIpc) is 3.53. The molecule has 0 saturated carbocycles. The summed E-state index contributed by atoms with van der Waals surface area (Å²) in [5.74, 6) is -1.10. The highest BCUT2D eigenvalue weighted by Gasteiger charge is 2.52. The van der Waals surface area contributed by atoms with Crippen LogP contribution in [0, 0.1) is 0 Å². The van der Waals surface area contributed by atoms with Crippen molar-refractivity contribution in [2.45, 2.75) is 44.8 Å².